The highest BCUT2D eigenvalue weighted by molar-refractivity contribution is 7.92. The Balaban J connectivity index is 2.30. The van der Waals surface area contributed by atoms with Crippen molar-refractivity contribution in [2.24, 2.45) is 0 Å². The van der Waals surface area contributed by atoms with Crippen LogP contribution in [0.4, 0.5) is 5.69 Å². The van der Waals surface area contributed by atoms with E-state index >= 15 is 0 Å². The molecule has 4 nitrogen and oxygen atoms in total. The molecule has 0 aliphatic heterocycles. The van der Waals surface area contributed by atoms with Crippen molar-refractivity contribution in [3.63, 3.8) is 0 Å². The van der Waals surface area contributed by atoms with Crippen LogP contribution in [0, 0.1) is 6.92 Å². The molecule has 0 aliphatic rings. The number of rotatable bonds is 3. The van der Waals surface area contributed by atoms with E-state index in [0.717, 1.165) is 5.56 Å². The average molecular weight is 263 g/mol. The standard InChI is InChI=1S/C13H13NO3S/c1-10-3-2-4-11(9-10)14-18(16,17)13-7-5-12(15)6-8-13/h2-9,14-15H,1H3. The van der Waals surface area contributed by atoms with E-state index in [2.05, 4.69) is 4.72 Å². The summed E-state index contributed by atoms with van der Waals surface area (Å²) in [6, 6.07) is 12.5. The van der Waals surface area contributed by atoms with Crippen LogP contribution in [0.2, 0.25) is 0 Å². The molecule has 0 atom stereocenters. The van der Waals surface area contributed by atoms with Gasteiger partial charge < -0.3 is 5.11 Å². The summed E-state index contributed by atoms with van der Waals surface area (Å²) in [4.78, 5) is 0.113. The Morgan fingerprint density at radius 2 is 1.72 bits per heavy atom. The fraction of sp³-hybridized carbons (Fsp3) is 0.0769. The number of phenolic OH excluding ortho intramolecular Hbond substituents is 1. The average Bonchev–Trinajstić information content (AvgIpc) is 2.29. The molecular weight excluding hydrogens is 250 g/mol. The zero-order valence-electron chi connectivity index (χ0n) is 9.79. The summed E-state index contributed by atoms with van der Waals surface area (Å²) >= 11 is 0. The molecule has 5 heteroatoms. The van der Waals surface area contributed by atoms with Crippen LogP contribution in [0.15, 0.2) is 53.4 Å². The van der Waals surface area contributed by atoms with Gasteiger partial charge in [0.15, 0.2) is 0 Å². The van der Waals surface area contributed by atoms with E-state index in [-0.39, 0.29) is 10.6 Å². The molecular formula is C13H13NO3S. The predicted molar refractivity (Wildman–Crippen MR) is 70.1 cm³/mol. The van der Waals surface area contributed by atoms with Gasteiger partial charge in [0.05, 0.1) is 4.90 Å². The van der Waals surface area contributed by atoms with Crippen LogP contribution in [-0.2, 0) is 10.0 Å². The largest absolute Gasteiger partial charge is 0.508 e. The lowest BCUT2D eigenvalue weighted by molar-refractivity contribution is 0.475. The molecule has 94 valence electrons. The van der Waals surface area contributed by atoms with Gasteiger partial charge in [0.25, 0.3) is 10.0 Å². The van der Waals surface area contributed by atoms with Gasteiger partial charge in [-0.05, 0) is 48.9 Å². The second-order valence-electron chi connectivity index (χ2n) is 3.97. The Bertz CT molecular complexity index is 648. The SMILES string of the molecule is Cc1cccc(NS(=O)(=O)c2ccc(O)cc2)c1. The van der Waals surface area contributed by atoms with Crippen molar-refractivity contribution in [3.05, 3.63) is 54.1 Å². The smallest absolute Gasteiger partial charge is 0.261 e. The van der Waals surface area contributed by atoms with Crippen molar-refractivity contribution in [2.75, 3.05) is 4.72 Å². The summed E-state index contributed by atoms with van der Waals surface area (Å²) in [5.74, 6) is 0.0319. The lowest BCUT2D eigenvalue weighted by Gasteiger charge is -2.08. The third-order valence-corrected chi connectivity index (χ3v) is 3.81. The van der Waals surface area contributed by atoms with Crippen molar-refractivity contribution >= 4 is 15.7 Å². The number of benzene rings is 2. The van der Waals surface area contributed by atoms with Crippen LogP contribution < -0.4 is 4.72 Å². The fourth-order valence-corrected chi connectivity index (χ4v) is 2.60. The molecule has 0 heterocycles. The first-order chi connectivity index (χ1) is 8.47. The predicted octanol–water partition coefficient (Wildman–Crippen LogP) is 2.50. The number of anilines is 1. The number of hydrogen-bond acceptors (Lipinski definition) is 3. The van der Waals surface area contributed by atoms with E-state index in [1.54, 1.807) is 18.2 Å². The summed E-state index contributed by atoms with van der Waals surface area (Å²) in [5.41, 5.74) is 1.49. The first kappa shape index (κ1) is 12.4. The highest BCUT2D eigenvalue weighted by Crippen LogP contribution is 2.18. The monoisotopic (exact) mass is 263 g/mol. The van der Waals surface area contributed by atoms with Crippen molar-refractivity contribution in [1.29, 1.82) is 0 Å². The van der Waals surface area contributed by atoms with Crippen LogP contribution in [0.5, 0.6) is 5.75 Å². The molecule has 0 bridgehead atoms. The fourth-order valence-electron chi connectivity index (χ4n) is 1.55. The summed E-state index contributed by atoms with van der Waals surface area (Å²) < 4.78 is 26.5. The van der Waals surface area contributed by atoms with E-state index < -0.39 is 10.0 Å². The Morgan fingerprint density at radius 1 is 1.06 bits per heavy atom. The van der Waals surface area contributed by atoms with Gasteiger partial charge in [0.1, 0.15) is 5.75 Å². The number of sulfonamides is 1. The van der Waals surface area contributed by atoms with Crippen LogP contribution in [0.3, 0.4) is 0 Å². The summed E-state index contributed by atoms with van der Waals surface area (Å²) in [6.45, 7) is 1.89. The van der Waals surface area contributed by atoms with Crippen LogP contribution in [0.25, 0.3) is 0 Å². The van der Waals surface area contributed by atoms with E-state index in [4.69, 9.17) is 5.11 Å². The second-order valence-corrected chi connectivity index (χ2v) is 5.65. The number of aromatic hydroxyl groups is 1. The maximum atomic E-state index is 12.0. The molecule has 0 spiro atoms. The van der Waals surface area contributed by atoms with E-state index in [0.29, 0.717) is 5.69 Å². The molecule has 18 heavy (non-hydrogen) atoms. The van der Waals surface area contributed by atoms with Gasteiger partial charge in [-0.3, -0.25) is 4.72 Å². The molecule has 0 amide bonds. The highest BCUT2D eigenvalue weighted by Gasteiger charge is 2.13. The molecule has 2 N–H and O–H groups in total. The Labute approximate surface area is 106 Å². The summed E-state index contributed by atoms with van der Waals surface area (Å²) in [5, 5.41) is 9.13. The quantitative estimate of drug-likeness (QED) is 0.894. The molecule has 2 aromatic carbocycles. The molecule has 2 aromatic rings. The van der Waals surface area contributed by atoms with Crippen molar-refractivity contribution in [3.8, 4) is 5.75 Å². The highest BCUT2D eigenvalue weighted by atomic mass is 32.2. The Morgan fingerprint density at radius 3 is 2.33 bits per heavy atom. The van der Waals surface area contributed by atoms with Gasteiger partial charge in [-0.15, -0.1) is 0 Å². The van der Waals surface area contributed by atoms with Crippen LogP contribution >= 0.6 is 0 Å². The second kappa shape index (κ2) is 4.70. The van der Waals surface area contributed by atoms with Gasteiger partial charge in [-0.1, -0.05) is 12.1 Å². The Hall–Kier alpha value is -2.01. The van der Waals surface area contributed by atoms with Gasteiger partial charge in [0, 0.05) is 5.69 Å². The van der Waals surface area contributed by atoms with Gasteiger partial charge >= 0.3 is 0 Å². The lowest BCUT2D eigenvalue weighted by Crippen LogP contribution is -2.12. The number of nitrogens with one attached hydrogen (secondary N) is 1. The van der Waals surface area contributed by atoms with Gasteiger partial charge in [0.2, 0.25) is 0 Å². The van der Waals surface area contributed by atoms with Crippen molar-refractivity contribution in [2.45, 2.75) is 11.8 Å². The summed E-state index contributed by atoms with van der Waals surface area (Å²) in [6.07, 6.45) is 0. The molecule has 0 saturated heterocycles. The first-order valence-electron chi connectivity index (χ1n) is 5.36. The maximum absolute atomic E-state index is 12.0. The molecule has 0 aromatic heterocycles. The molecule has 0 aliphatic carbocycles. The van der Waals surface area contributed by atoms with Gasteiger partial charge in [-0.25, -0.2) is 8.42 Å². The first-order valence-corrected chi connectivity index (χ1v) is 6.84. The molecule has 0 saturated carbocycles. The minimum Gasteiger partial charge on any atom is -0.508 e. The normalized spacial score (nSPS) is 11.2. The minimum absolute atomic E-state index is 0.0319. The molecule has 0 fully saturated rings. The lowest BCUT2D eigenvalue weighted by atomic mass is 10.2. The maximum Gasteiger partial charge on any atom is 0.261 e. The van der Waals surface area contributed by atoms with Crippen molar-refractivity contribution < 1.29 is 13.5 Å². The van der Waals surface area contributed by atoms with E-state index in [9.17, 15) is 8.42 Å². The Kier molecular flexibility index (Phi) is 3.25. The summed E-state index contributed by atoms with van der Waals surface area (Å²) in [7, 11) is -3.61. The molecule has 0 radical (unpaired) electrons. The molecule has 0 unspecified atom stereocenters. The zero-order valence-corrected chi connectivity index (χ0v) is 10.6. The van der Waals surface area contributed by atoms with E-state index in [1.807, 2.05) is 13.0 Å². The van der Waals surface area contributed by atoms with Crippen LogP contribution in [-0.4, -0.2) is 13.5 Å². The van der Waals surface area contributed by atoms with Crippen LogP contribution in [0.1, 0.15) is 5.56 Å². The van der Waals surface area contributed by atoms with E-state index in [1.165, 1.54) is 24.3 Å². The van der Waals surface area contributed by atoms with Gasteiger partial charge in [-0.2, -0.15) is 0 Å². The van der Waals surface area contributed by atoms with Crippen molar-refractivity contribution in [1.82, 2.24) is 0 Å². The zero-order chi connectivity index (χ0) is 13.2. The minimum atomic E-state index is -3.61. The third-order valence-electron chi connectivity index (χ3n) is 2.42. The number of hydrogen-bond donors (Lipinski definition) is 2. The number of aryl methyl sites for hydroxylation is 1. The third kappa shape index (κ3) is 2.81. The number of phenols is 1. The topological polar surface area (TPSA) is 66.4 Å². The molecule has 2 rings (SSSR count).